The van der Waals surface area contributed by atoms with Crippen molar-refractivity contribution in [2.75, 3.05) is 47.4 Å². The van der Waals surface area contributed by atoms with E-state index < -0.39 is 0 Å². The van der Waals surface area contributed by atoms with Gasteiger partial charge >= 0.3 is 0 Å². The molecule has 0 radical (unpaired) electrons. The Morgan fingerprint density at radius 1 is 1.44 bits per heavy atom. The number of nitrogens with zero attached hydrogens (tertiary/aromatic N) is 2. The average Bonchev–Trinajstić information content (AvgIpc) is 2.76. The Balaban J connectivity index is 2.66. The van der Waals surface area contributed by atoms with Gasteiger partial charge in [-0.05, 0) is 35.0 Å². The molecule has 1 fully saturated rings. The molecule has 3 atom stereocenters. The van der Waals surface area contributed by atoms with Crippen molar-refractivity contribution in [1.29, 1.82) is 0 Å². The molecule has 0 aromatic carbocycles. The average molecular weight is 257 g/mol. The summed E-state index contributed by atoms with van der Waals surface area (Å²) in [4.78, 5) is 16.6. The Labute approximate surface area is 110 Å². The van der Waals surface area contributed by atoms with Crippen molar-refractivity contribution >= 4 is 5.91 Å². The zero-order valence-electron chi connectivity index (χ0n) is 12.3. The lowest BCUT2D eigenvalue weighted by Gasteiger charge is -2.33. The minimum atomic E-state index is -0.0421. The summed E-state index contributed by atoms with van der Waals surface area (Å²) in [6, 6.07) is 0.383. The first kappa shape index (κ1) is 15.4. The van der Waals surface area contributed by atoms with Crippen molar-refractivity contribution in [1.82, 2.24) is 15.1 Å². The number of likely N-dealkylation sites (N-methyl/N-ethyl adjacent to an activating group) is 3. The quantitative estimate of drug-likeness (QED) is 0.728. The third-order valence-corrected chi connectivity index (χ3v) is 3.55. The van der Waals surface area contributed by atoms with Gasteiger partial charge in [0.25, 0.3) is 0 Å². The third kappa shape index (κ3) is 3.67. The van der Waals surface area contributed by atoms with Crippen LogP contribution in [0.1, 0.15) is 13.8 Å². The highest BCUT2D eigenvalue weighted by Gasteiger charge is 2.36. The van der Waals surface area contributed by atoms with E-state index >= 15 is 0 Å². The van der Waals surface area contributed by atoms with E-state index in [0.717, 1.165) is 13.1 Å². The van der Waals surface area contributed by atoms with E-state index in [9.17, 15) is 4.79 Å². The van der Waals surface area contributed by atoms with Crippen LogP contribution in [0.15, 0.2) is 0 Å². The molecule has 0 aromatic heterocycles. The van der Waals surface area contributed by atoms with Crippen molar-refractivity contribution in [2.45, 2.75) is 25.9 Å². The minimum Gasteiger partial charge on any atom is -0.379 e. The summed E-state index contributed by atoms with van der Waals surface area (Å²) in [6.07, 6.45) is 0. The van der Waals surface area contributed by atoms with Gasteiger partial charge < -0.3 is 19.9 Å². The molecule has 5 nitrogen and oxygen atoms in total. The first-order valence-electron chi connectivity index (χ1n) is 6.71. The van der Waals surface area contributed by atoms with Crippen LogP contribution < -0.4 is 5.32 Å². The lowest BCUT2D eigenvalue weighted by Crippen LogP contribution is -2.50. The molecule has 0 saturated carbocycles. The fourth-order valence-corrected chi connectivity index (χ4v) is 2.61. The van der Waals surface area contributed by atoms with Crippen LogP contribution in [0.25, 0.3) is 0 Å². The SMILES string of the molecule is CCN(C(=O)C1COCC1NC)C(C)CN(C)C. The van der Waals surface area contributed by atoms with Crippen LogP contribution in [0, 0.1) is 5.92 Å². The number of hydrogen-bond donors (Lipinski definition) is 1. The molecule has 0 aliphatic carbocycles. The first-order chi connectivity index (χ1) is 8.51. The van der Waals surface area contributed by atoms with Crippen LogP contribution in [0.3, 0.4) is 0 Å². The molecule has 0 spiro atoms. The van der Waals surface area contributed by atoms with Gasteiger partial charge in [-0.3, -0.25) is 4.79 Å². The molecule has 1 saturated heterocycles. The van der Waals surface area contributed by atoms with E-state index in [1.165, 1.54) is 0 Å². The van der Waals surface area contributed by atoms with Gasteiger partial charge in [0.1, 0.15) is 0 Å². The maximum absolute atomic E-state index is 12.6. The molecule has 1 rings (SSSR count). The summed E-state index contributed by atoms with van der Waals surface area (Å²) < 4.78 is 5.42. The number of rotatable bonds is 6. The van der Waals surface area contributed by atoms with Gasteiger partial charge in [-0.15, -0.1) is 0 Å². The predicted octanol–water partition coefficient (Wildman–Crippen LogP) is 0.0194. The Morgan fingerprint density at radius 3 is 2.61 bits per heavy atom. The number of hydrogen-bond acceptors (Lipinski definition) is 4. The zero-order chi connectivity index (χ0) is 13.7. The van der Waals surface area contributed by atoms with E-state index in [0.29, 0.717) is 13.2 Å². The van der Waals surface area contributed by atoms with Crippen LogP contribution in [0.4, 0.5) is 0 Å². The molecule has 1 N–H and O–H groups in total. The molecule has 1 heterocycles. The Hall–Kier alpha value is -0.650. The second-order valence-electron chi connectivity index (χ2n) is 5.27. The van der Waals surface area contributed by atoms with Gasteiger partial charge in [-0.1, -0.05) is 0 Å². The van der Waals surface area contributed by atoms with Gasteiger partial charge in [0.05, 0.1) is 19.1 Å². The number of amides is 1. The maximum atomic E-state index is 12.6. The second-order valence-corrected chi connectivity index (χ2v) is 5.27. The lowest BCUT2D eigenvalue weighted by molar-refractivity contribution is -0.138. The smallest absolute Gasteiger partial charge is 0.229 e. The highest BCUT2D eigenvalue weighted by molar-refractivity contribution is 5.80. The van der Waals surface area contributed by atoms with Crippen molar-refractivity contribution in [3.8, 4) is 0 Å². The van der Waals surface area contributed by atoms with Gasteiger partial charge in [0.15, 0.2) is 0 Å². The number of nitrogens with one attached hydrogen (secondary N) is 1. The summed E-state index contributed by atoms with van der Waals surface area (Å²) in [7, 11) is 5.95. The summed E-state index contributed by atoms with van der Waals surface area (Å²) in [5.74, 6) is 0.170. The third-order valence-electron chi connectivity index (χ3n) is 3.55. The van der Waals surface area contributed by atoms with Crippen LogP contribution in [-0.2, 0) is 9.53 Å². The molecule has 1 aliphatic rings. The molecule has 106 valence electrons. The number of carbonyl (C=O) groups excluding carboxylic acids is 1. The number of ether oxygens (including phenoxy) is 1. The van der Waals surface area contributed by atoms with Crippen molar-refractivity contribution in [2.24, 2.45) is 5.92 Å². The summed E-state index contributed by atoms with van der Waals surface area (Å²) in [5.41, 5.74) is 0. The predicted molar refractivity (Wildman–Crippen MR) is 72.6 cm³/mol. The summed E-state index contributed by atoms with van der Waals surface area (Å²) in [6.45, 7) is 6.94. The largest absolute Gasteiger partial charge is 0.379 e. The molecule has 1 aliphatic heterocycles. The normalized spacial score (nSPS) is 25.4. The topological polar surface area (TPSA) is 44.8 Å². The Bertz CT molecular complexity index is 271. The fourth-order valence-electron chi connectivity index (χ4n) is 2.61. The summed E-state index contributed by atoms with van der Waals surface area (Å²) >= 11 is 0. The minimum absolute atomic E-state index is 0.0421. The van der Waals surface area contributed by atoms with Crippen LogP contribution >= 0.6 is 0 Å². The van der Waals surface area contributed by atoms with Crippen LogP contribution in [0.5, 0.6) is 0 Å². The van der Waals surface area contributed by atoms with Gasteiger partial charge in [-0.2, -0.15) is 0 Å². The molecule has 3 unspecified atom stereocenters. The number of carbonyl (C=O) groups is 1. The second kappa shape index (κ2) is 7.07. The highest BCUT2D eigenvalue weighted by atomic mass is 16.5. The van der Waals surface area contributed by atoms with Crippen molar-refractivity contribution < 1.29 is 9.53 Å². The van der Waals surface area contributed by atoms with Crippen molar-refractivity contribution in [3.05, 3.63) is 0 Å². The van der Waals surface area contributed by atoms with E-state index in [1.54, 1.807) is 0 Å². The fraction of sp³-hybridized carbons (Fsp3) is 0.923. The first-order valence-corrected chi connectivity index (χ1v) is 6.71. The van der Waals surface area contributed by atoms with E-state index in [1.807, 2.05) is 33.0 Å². The Kier molecular flexibility index (Phi) is 6.05. The van der Waals surface area contributed by atoms with Gasteiger partial charge in [0, 0.05) is 25.2 Å². The monoisotopic (exact) mass is 257 g/mol. The van der Waals surface area contributed by atoms with Gasteiger partial charge in [0.2, 0.25) is 5.91 Å². The Morgan fingerprint density at radius 2 is 2.11 bits per heavy atom. The van der Waals surface area contributed by atoms with E-state index in [2.05, 4.69) is 17.1 Å². The molecule has 1 amide bonds. The molecule has 0 aromatic rings. The molecule has 5 heteroatoms. The zero-order valence-corrected chi connectivity index (χ0v) is 12.3. The summed E-state index contributed by atoms with van der Waals surface area (Å²) in [5, 5.41) is 3.17. The standard InChI is InChI=1S/C13H27N3O2/c1-6-16(10(2)7-15(4)5)13(17)11-8-18-9-12(11)14-3/h10-12,14H,6-9H2,1-5H3. The van der Waals surface area contributed by atoms with Crippen LogP contribution in [-0.4, -0.2) is 75.2 Å². The molecular formula is C13H27N3O2. The molecule has 18 heavy (non-hydrogen) atoms. The van der Waals surface area contributed by atoms with E-state index in [-0.39, 0.29) is 23.9 Å². The van der Waals surface area contributed by atoms with Gasteiger partial charge in [-0.25, -0.2) is 0 Å². The molecule has 0 bridgehead atoms. The lowest BCUT2D eigenvalue weighted by atomic mass is 10.0. The van der Waals surface area contributed by atoms with Crippen molar-refractivity contribution in [3.63, 3.8) is 0 Å². The van der Waals surface area contributed by atoms with Crippen LogP contribution in [0.2, 0.25) is 0 Å². The maximum Gasteiger partial charge on any atom is 0.229 e. The highest BCUT2D eigenvalue weighted by Crippen LogP contribution is 2.18. The molecular weight excluding hydrogens is 230 g/mol. The van der Waals surface area contributed by atoms with E-state index in [4.69, 9.17) is 4.74 Å².